The number of methoxy groups -OCH3 is 1. The van der Waals surface area contributed by atoms with Crippen molar-refractivity contribution in [1.29, 1.82) is 0 Å². The van der Waals surface area contributed by atoms with Crippen molar-refractivity contribution in [2.75, 3.05) is 51.8 Å². The van der Waals surface area contributed by atoms with Gasteiger partial charge in [0.05, 0.1) is 13.7 Å². The third-order valence-corrected chi connectivity index (χ3v) is 4.37. The number of aromatic nitrogens is 2. The molecule has 1 N–H and O–H groups in total. The summed E-state index contributed by atoms with van der Waals surface area (Å²) in [6, 6.07) is 10.7. The molecule has 1 aliphatic rings. The van der Waals surface area contributed by atoms with E-state index in [-0.39, 0.29) is 5.91 Å². The summed E-state index contributed by atoms with van der Waals surface area (Å²) in [5, 5.41) is 11.2. The Balaban J connectivity index is 1.42. The van der Waals surface area contributed by atoms with E-state index in [4.69, 9.17) is 9.47 Å². The van der Waals surface area contributed by atoms with Crippen molar-refractivity contribution < 1.29 is 19.1 Å². The van der Waals surface area contributed by atoms with Crippen LogP contribution < -0.4 is 14.8 Å². The Kier molecular flexibility index (Phi) is 6.61. The molecular formula is C19H23N5O4. The zero-order valence-electron chi connectivity index (χ0n) is 15.7. The van der Waals surface area contributed by atoms with E-state index >= 15 is 0 Å². The van der Waals surface area contributed by atoms with E-state index in [2.05, 4.69) is 15.5 Å². The zero-order valence-corrected chi connectivity index (χ0v) is 15.7. The van der Waals surface area contributed by atoms with Crippen LogP contribution in [0.3, 0.4) is 0 Å². The first-order valence-corrected chi connectivity index (χ1v) is 9.02. The van der Waals surface area contributed by atoms with Gasteiger partial charge in [-0.25, -0.2) is 0 Å². The van der Waals surface area contributed by atoms with Crippen molar-refractivity contribution in [3.05, 3.63) is 42.1 Å². The first-order chi connectivity index (χ1) is 13.7. The molecule has 0 spiro atoms. The summed E-state index contributed by atoms with van der Waals surface area (Å²) in [5.41, 5.74) is 0.291. The van der Waals surface area contributed by atoms with Crippen molar-refractivity contribution in [3.8, 4) is 11.5 Å². The maximum atomic E-state index is 12.4. The Hall–Kier alpha value is -3.36. The van der Waals surface area contributed by atoms with Crippen LogP contribution in [-0.4, -0.2) is 78.8 Å². The predicted molar refractivity (Wildman–Crippen MR) is 103 cm³/mol. The van der Waals surface area contributed by atoms with E-state index in [9.17, 15) is 9.59 Å². The quantitative estimate of drug-likeness (QED) is 0.532. The minimum Gasteiger partial charge on any atom is -0.497 e. The molecular weight excluding hydrogens is 362 g/mol. The van der Waals surface area contributed by atoms with Gasteiger partial charge in [0.15, 0.2) is 5.69 Å². The van der Waals surface area contributed by atoms with Crippen molar-refractivity contribution in [2.45, 2.75) is 0 Å². The molecule has 0 aliphatic carbocycles. The second-order valence-corrected chi connectivity index (χ2v) is 6.19. The van der Waals surface area contributed by atoms with Gasteiger partial charge in [-0.1, -0.05) is 0 Å². The molecule has 0 bridgehead atoms. The fourth-order valence-corrected chi connectivity index (χ4v) is 2.75. The Labute approximate surface area is 163 Å². The second-order valence-electron chi connectivity index (χ2n) is 6.19. The number of ether oxygens (including phenoxy) is 2. The molecule has 1 aromatic heterocycles. The van der Waals surface area contributed by atoms with Crippen molar-refractivity contribution >= 4 is 18.1 Å². The molecule has 3 rings (SSSR count). The summed E-state index contributed by atoms with van der Waals surface area (Å²) < 4.78 is 10.7. The van der Waals surface area contributed by atoms with E-state index in [1.165, 1.54) is 0 Å². The summed E-state index contributed by atoms with van der Waals surface area (Å²) in [4.78, 5) is 26.5. The van der Waals surface area contributed by atoms with E-state index in [1.807, 2.05) is 24.3 Å². The van der Waals surface area contributed by atoms with Crippen LogP contribution in [0.25, 0.3) is 0 Å². The van der Waals surface area contributed by atoms with Crippen LogP contribution in [0, 0.1) is 0 Å². The van der Waals surface area contributed by atoms with Gasteiger partial charge < -0.3 is 24.6 Å². The van der Waals surface area contributed by atoms with E-state index in [0.717, 1.165) is 17.9 Å². The van der Waals surface area contributed by atoms with E-state index in [0.29, 0.717) is 50.8 Å². The van der Waals surface area contributed by atoms with Crippen molar-refractivity contribution in [1.82, 2.24) is 20.0 Å². The van der Waals surface area contributed by atoms with E-state index < -0.39 is 0 Å². The SMILES string of the molecule is COc1ccc(OCCNc2ccc(C(=O)N3CCN(C=O)CC3)nn2)cc1. The lowest BCUT2D eigenvalue weighted by atomic mass is 10.2. The highest BCUT2D eigenvalue weighted by molar-refractivity contribution is 5.92. The van der Waals surface area contributed by atoms with Crippen molar-refractivity contribution in [3.63, 3.8) is 0 Å². The zero-order chi connectivity index (χ0) is 19.8. The molecule has 1 saturated heterocycles. The predicted octanol–water partition coefficient (Wildman–Crippen LogP) is 0.890. The van der Waals surface area contributed by atoms with Crippen LogP contribution in [0.2, 0.25) is 0 Å². The first kappa shape index (κ1) is 19.4. The van der Waals surface area contributed by atoms with Gasteiger partial charge in [0.1, 0.15) is 23.9 Å². The molecule has 2 heterocycles. The number of amides is 2. The fourth-order valence-electron chi connectivity index (χ4n) is 2.75. The summed E-state index contributed by atoms with van der Waals surface area (Å²) in [6.45, 7) is 3.08. The average Bonchev–Trinajstić information content (AvgIpc) is 2.77. The third-order valence-electron chi connectivity index (χ3n) is 4.37. The van der Waals surface area contributed by atoms with Gasteiger partial charge in [0.2, 0.25) is 6.41 Å². The van der Waals surface area contributed by atoms with Crippen LogP contribution in [0.15, 0.2) is 36.4 Å². The maximum absolute atomic E-state index is 12.4. The van der Waals surface area contributed by atoms with Crippen LogP contribution in [0.5, 0.6) is 11.5 Å². The minimum atomic E-state index is -0.174. The molecule has 148 valence electrons. The largest absolute Gasteiger partial charge is 0.497 e. The molecule has 0 radical (unpaired) electrons. The van der Waals surface area contributed by atoms with Crippen LogP contribution in [0.1, 0.15) is 10.5 Å². The standard InChI is InChI=1S/C19H23N5O4/c1-27-15-2-4-16(5-3-15)28-13-8-20-18-7-6-17(21-22-18)19(26)24-11-9-23(14-25)10-12-24/h2-7,14H,8-13H2,1H3,(H,20,22). The molecule has 2 aromatic rings. The molecule has 0 unspecified atom stereocenters. The Morgan fingerprint density at radius 1 is 1.07 bits per heavy atom. The number of hydrogen-bond donors (Lipinski definition) is 1. The number of nitrogens with zero attached hydrogens (tertiary/aromatic N) is 4. The molecule has 2 amide bonds. The highest BCUT2D eigenvalue weighted by Crippen LogP contribution is 2.16. The Morgan fingerprint density at radius 2 is 1.79 bits per heavy atom. The van der Waals surface area contributed by atoms with Crippen LogP contribution in [-0.2, 0) is 4.79 Å². The number of hydrogen-bond acceptors (Lipinski definition) is 7. The molecule has 1 aromatic carbocycles. The van der Waals surface area contributed by atoms with Gasteiger partial charge in [0, 0.05) is 26.2 Å². The number of anilines is 1. The molecule has 0 saturated carbocycles. The summed E-state index contributed by atoms with van der Waals surface area (Å²) >= 11 is 0. The highest BCUT2D eigenvalue weighted by Gasteiger charge is 2.22. The lowest BCUT2D eigenvalue weighted by Gasteiger charge is -2.32. The number of rotatable bonds is 8. The molecule has 28 heavy (non-hydrogen) atoms. The molecule has 9 heteroatoms. The molecule has 9 nitrogen and oxygen atoms in total. The van der Waals surface area contributed by atoms with Crippen molar-refractivity contribution in [2.24, 2.45) is 0 Å². The maximum Gasteiger partial charge on any atom is 0.274 e. The monoisotopic (exact) mass is 385 g/mol. The lowest BCUT2D eigenvalue weighted by Crippen LogP contribution is -2.48. The van der Waals surface area contributed by atoms with Gasteiger partial charge in [-0.05, 0) is 36.4 Å². The first-order valence-electron chi connectivity index (χ1n) is 9.02. The van der Waals surface area contributed by atoms with Crippen LogP contribution in [0.4, 0.5) is 5.82 Å². The van der Waals surface area contributed by atoms with Gasteiger partial charge in [-0.2, -0.15) is 0 Å². The average molecular weight is 385 g/mol. The minimum absolute atomic E-state index is 0.174. The number of carbonyl (C=O) groups excluding carboxylic acids is 2. The highest BCUT2D eigenvalue weighted by atomic mass is 16.5. The number of piperazine rings is 1. The Bertz CT molecular complexity index is 774. The summed E-state index contributed by atoms with van der Waals surface area (Å²) in [5.74, 6) is 1.93. The summed E-state index contributed by atoms with van der Waals surface area (Å²) in [7, 11) is 1.62. The molecule has 1 fully saturated rings. The lowest BCUT2D eigenvalue weighted by molar-refractivity contribution is -0.119. The number of benzene rings is 1. The second kappa shape index (κ2) is 9.54. The molecule has 0 atom stereocenters. The normalized spacial score (nSPS) is 13.8. The number of carbonyl (C=O) groups is 2. The summed E-state index contributed by atoms with van der Waals surface area (Å²) in [6.07, 6.45) is 0.806. The smallest absolute Gasteiger partial charge is 0.274 e. The number of nitrogens with one attached hydrogen (secondary N) is 1. The topological polar surface area (TPSA) is 96.9 Å². The van der Waals surface area contributed by atoms with Gasteiger partial charge >= 0.3 is 0 Å². The van der Waals surface area contributed by atoms with Crippen LogP contribution >= 0.6 is 0 Å². The van der Waals surface area contributed by atoms with Gasteiger partial charge in [-0.15, -0.1) is 10.2 Å². The van der Waals surface area contributed by atoms with E-state index in [1.54, 1.807) is 29.0 Å². The fraction of sp³-hybridized carbons (Fsp3) is 0.368. The third kappa shape index (κ3) is 5.09. The van der Waals surface area contributed by atoms with Gasteiger partial charge in [0.25, 0.3) is 5.91 Å². The Morgan fingerprint density at radius 3 is 2.39 bits per heavy atom. The molecule has 1 aliphatic heterocycles. The van der Waals surface area contributed by atoms with Gasteiger partial charge in [-0.3, -0.25) is 9.59 Å².